The van der Waals surface area contributed by atoms with Gasteiger partial charge in [0.15, 0.2) is 0 Å². The van der Waals surface area contributed by atoms with Crippen LogP contribution in [0.1, 0.15) is 25.3 Å². The van der Waals surface area contributed by atoms with E-state index in [2.05, 4.69) is 0 Å². The lowest BCUT2D eigenvalue weighted by Crippen LogP contribution is -2.34. The van der Waals surface area contributed by atoms with E-state index in [1.807, 2.05) is 37.3 Å². The van der Waals surface area contributed by atoms with Gasteiger partial charge in [-0.1, -0.05) is 24.3 Å². The monoisotopic (exact) mass is 500 g/mol. The Balaban J connectivity index is 2.84. The second kappa shape index (κ2) is 19.2. The molecule has 10 nitrogen and oxygen atoms in total. The Hall–Kier alpha value is -2.05. The van der Waals surface area contributed by atoms with Crippen LogP contribution < -0.4 is 4.74 Å². The zero-order valence-electron chi connectivity index (χ0n) is 21.6. The summed E-state index contributed by atoms with van der Waals surface area (Å²) < 4.78 is 48.3. The molecule has 0 spiro atoms. The highest BCUT2D eigenvalue weighted by Crippen LogP contribution is 2.17. The van der Waals surface area contributed by atoms with Gasteiger partial charge < -0.3 is 42.6 Å². The quantitative estimate of drug-likeness (QED) is 0.151. The molecule has 1 aromatic rings. The van der Waals surface area contributed by atoms with Crippen molar-refractivity contribution >= 4 is 5.97 Å². The number of hydrogen-bond donors (Lipinski definition) is 0. The topological polar surface area (TPSA) is 100 Å². The minimum absolute atomic E-state index is 0.00793. The number of rotatable bonds is 20. The number of carbonyl (C=O) groups excluding carboxylic acids is 1. The second-order valence-corrected chi connectivity index (χ2v) is 7.63. The number of hydrogen-bond acceptors (Lipinski definition) is 10. The summed E-state index contributed by atoms with van der Waals surface area (Å²) in [5.41, 5.74) is 1.04. The van der Waals surface area contributed by atoms with Gasteiger partial charge in [0.1, 0.15) is 38.3 Å². The largest absolute Gasteiger partial charge is 0.497 e. The van der Waals surface area contributed by atoms with Crippen molar-refractivity contribution in [2.75, 3.05) is 55.9 Å². The van der Waals surface area contributed by atoms with Crippen LogP contribution in [0.2, 0.25) is 0 Å². The lowest BCUT2D eigenvalue weighted by Gasteiger charge is -2.25. The summed E-state index contributed by atoms with van der Waals surface area (Å²) in [7, 11) is 7.52. The fourth-order valence-corrected chi connectivity index (χ4v) is 3.05. The molecule has 0 aliphatic rings. The van der Waals surface area contributed by atoms with E-state index in [4.69, 9.17) is 42.6 Å². The maximum absolute atomic E-state index is 11.9. The van der Waals surface area contributed by atoms with Crippen molar-refractivity contribution < 1.29 is 47.4 Å². The molecule has 0 unspecified atom stereocenters. The van der Waals surface area contributed by atoms with Gasteiger partial charge in [-0.2, -0.15) is 0 Å². The van der Waals surface area contributed by atoms with Crippen molar-refractivity contribution in [3.05, 3.63) is 42.0 Å². The first-order chi connectivity index (χ1) is 17.0. The molecule has 0 aromatic heterocycles. The van der Waals surface area contributed by atoms with Crippen LogP contribution in [0, 0.1) is 0 Å². The first-order valence-electron chi connectivity index (χ1n) is 11.3. The molecule has 10 heteroatoms. The molecule has 4 atom stereocenters. The summed E-state index contributed by atoms with van der Waals surface area (Å²) in [6.45, 7) is 2.53. The Bertz CT molecular complexity index is 694. The maximum Gasteiger partial charge on any atom is 0.308 e. The molecule has 1 rings (SSSR count). The zero-order chi connectivity index (χ0) is 25.9. The van der Waals surface area contributed by atoms with E-state index >= 15 is 0 Å². The lowest BCUT2D eigenvalue weighted by atomic mass is 10.1. The van der Waals surface area contributed by atoms with Crippen molar-refractivity contribution in [3.8, 4) is 5.75 Å². The first-order valence-corrected chi connectivity index (χ1v) is 11.3. The first kappa shape index (κ1) is 31.0. The molecule has 0 radical (unpaired) electrons. The van der Waals surface area contributed by atoms with Gasteiger partial charge in [-0.05, 0) is 24.6 Å². The van der Waals surface area contributed by atoms with E-state index in [9.17, 15) is 4.79 Å². The van der Waals surface area contributed by atoms with Crippen LogP contribution in [-0.2, 0) is 49.3 Å². The standard InChI is InChI=1S/C25H40O10/c1-19(32-15-20-7-9-21(30-5)10-8-20)13-22(33-16-27-2)11-12-23(34-17-28-3)24(35-18-29-4)14-25(26)31-6/h7-12,19,22-24H,13-18H2,1-6H3/b12-11+/t19-,22-,23+,24+/m1/s1. The van der Waals surface area contributed by atoms with Crippen molar-refractivity contribution in [3.63, 3.8) is 0 Å². The third kappa shape index (κ3) is 13.6. The van der Waals surface area contributed by atoms with Crippen LogP contribution >= 0.6 is 0 Å². The van der Waals surface area contributed by atoms with Gasteiger partial charge in [0.2, 0.25) is 0 Å². The van der Waals surface area contributed by atoms with Crippen molar-refractivity contribution in [2.24, 2.45) is 0 Å². The molecule has 0 aliphatic carbocycles. The molecule has 200 valence electrons. The second-order valence-electron chi connectivity index (χ2n) is 7.63. The Morgan fingerprint density at radius 1 is 0.829 bits per heavy atom. The van der Waals surface area contributed by atoms with E-state index in [0.717, 1.165) is 11.3 Å². The van der Waals surface area contributed by atoms with Crippen LogP contribution in [0.25, 0.3) is 0 Å². The highest BCUT2D eigenvalue weighted by Gasteiger charge is 2.25. The number of benzene rings is 1. The highest BCUT2D eigenvalue weighted by molar-refractivity contribution is 5.69. The molecule has 0 fully saturated rings. The van der Waals surface area contributed by atoms with E-state index in [-0.39, 0.29) is 39.0 Å². The van der Waals surface area contributed by atoms with Crippen LogP contribution in [0.5, 0.6) is 5.75 Å². The van der Waals surface area contributed by atoms with Gasteiger partial charge in [0.05, 0.1) is 39.5 Å². The molecule has 0 amide bonds. The Morgan fingerprint density at radius 3 is 2.06 bits per heavy atom. The normalized spacial score (nSPS) is 15.0. The fourth-order valence-electron chi connectivity index (χ4n) is 3.05. The Kier molecular flexibility index (Phi) is 17.0. The molecule has 0 bridgehead atoms. The van der Waals surface area contributed by atoms with Gasteiger partial charge in [-0.15, -0.1) is 0 Å². The number of methoxy groups -OCH3 is 5. The average Bonchev–Trinajstić information content (AvgIpc) is 2.88. The fraction of sp³-hybridized carbons (Fsp3) is 0.640. The number of carbonyl (C=O) groups is 1. The molecule has 0 aliphatic heterocycles. The minimum Gasteiger partial charge on any atom is -0.497 e. The van der Waals surface area contributed by atoms with Crippen LogP contribution in [0.4, 0.5) is 0 Å². The zero-order valence-corrected chi connectivity index (χ0v) is 21.6. The van der Waals surface area contributed by atoms with Crippen LogP contribution in [-0.4, -0.2) is 86.3 Å². The third-order valence-corrected chi connectivity index (χ3v) is 4.91. The lowest BCUT2D eigenvalue weighted by molar-refractivity contribution is -0.162. The molecule has 0 N–H and O–H groups in total. The minimum atomic E-state index is -0.652. The molecule has 1 aromatic carbocycles. The summed E-state index contributed by atoms with van der Waals surface area (Å²) in [6.07, 6.45) is 2.44. The van der Waals surface area contributed by atoms with E-state index < -0.39 is 18.2 Å². The SMILES string of the molecule is COCO[C@H](/C=C/[C@H](OCOC)[C@H](CC(=O)OC)OCOC)C[C@@H](C)OCc1ccc(OC)cc1. The van der Waals surface area contributed by atoms with Crippen LogP contribution in [0.3, 0.4) is 0 Å². The summed E-state index contributed by atoms with van der Waals surface area (Å²) >= 11 is 0. The summed E-state index contributed by atoms with van der Waals surface area (Å²) in [5.74, 6) is 0.364. The van der Waals surface area contributed by atoms with Crippen molar-refractivity contribution in [1.29, 1.82) is 0 Å². The van der Waals surface area contributed by atoms with Crippen LogP contribution in [0.15, 0.2) is 36.4 Å². The Labute approximate surface area is 208 Å². The van der Waals surface area contributed by atoms with Crippen molar-refractivity contribution in [2.45, 2.75) is 50.8 Å². The predicted molar refractivity (Wildman–Crippen MR) is 128 cm³/mol. The average molecular weight is 501 g/mol. The van der Waals surface area contributed by atoms with Gasteiger partial charge in [0, 0.05) is 27.8 Å². The van der Waals surface area contributed by atoms with E-state index in [0.29, 0.717) is 13.0 Å². The molecule has 35 heavy (non-hydrogen) atoms. The smallest absolute Gasteiger partial charge is 0.308 e. The van der Waals surface area contributed by atoms with Crippen molar-refractivity contribution in [1.82, 2.24) is 0 Å². The number of esters is 1. The molecule has 0 heterocycles. The van der Waals surface area contributed by atoms with Gasteiger partial charge in [-0.25, -0.2) is 0 Å². The predicted octanol–water partition coefficient (Wildman–Crippen LogP) is 3.08. The third-order valence-electron chi connectivity index (χ3n) is 4.91. The summed E-state index contributed by atoms with van der Waals surface area (Å²) in [4.78, 5) is 11.9. The summed E-state index contributed by atoms with van der Waals surface area (Å²) in [6, 6.07) is 7.72. The highest BCUT2D eigenvalue weighted by atomic mass is 16.7. The molecule has 0 saturated heterocycles. The van der Waals surface area contributed by atoms with Gasteiger partial charge >= 0.3 is 5.97 Å². The molecular weight excluding hydrogens is 460 g/mol. The molecular formula is C25H40O10. The maximum atomic E-state index is 11.9. The van der Waals surface area contributed by atoms with Gasteiger partial charge in [0.25, 0.3) is 0 Å². The molecule has 0 saturated carbocycles. The Morgan fingerprint density at radius 2 is 1.46 bits per heavy atom. The van der Waals surface area contributed by atoms with E-state index in [1.165, 1.54) is 21.3 Å². The van der Waals surface area contributed by atoms with Gasteiger partial charge in [-0.3, -0.25) is 4.79 Å². The van der Waals surface area contributed by atoms with E-state index in [1.54, 1.807) is 20.3 Å². The summed E-state index contributed by atoms with van der Waals surface area (Å²) in [5, 5.41) is 0. The number of ether oxygens (including phenoxy) is 9.